The van der Waals surface area contributed by atoms with Crippen molar-refractivity contribution < 1.29 is 4.74 Å². The first-order valence-electron chi connectivity index (χ1n) is 6.71. The first kappa shape index (κ1) is 12.4. The van der Waals surface area contributed by atoms with E-state index in [4.69, 9.17) is 10.5 Å². The van der Waals surface area contributed by atoms with E-state index in [0.717, 1.165) is 30.9 Å². The van der Waals surface area contributed by atoms with E-state index in [9.17, 15) is 0 Å². The lowest BCUT2D eigenvalue weighted by atomic mass is 10.0. The van der Waals surface area contributed by atoms with Gasteiger partial charge in [0.05, 0.1) is 24.6 Å². The van der Waals surface area contributed by atoms with Crippen molar-refractivity contribution in [3.05, 3.63) is 18.0 Å². The molecule has 2 aromatic heterocycles. The van der Waals surface area contributed by atoms with Crippen LogP contribution in [0.1, 0.15) is 25.1 Å². The topological polar surface area (TPSA) is 88.8 Å². The van der Waals surface area contributed by atoms with Crippen molar-refractivity contribution in [3.63, 3.8) is 0 Å². The van der Waals surface area contributed by atoms with Crippen molar-refractivity contribution in [2.24, 2.45) is 0 Å². The fourth-order valence-electron chi connectivity index (χ4n) is 2.46. The molecule has 102 valence electrons. The molecule has 0 radical (unpaired) electrons. The van der Waals surface area contributed by atoms with E-state index in [1.165, 1.54) is 0 Å². The molecule has 6 heteroatoms. The second-order valence-corrected chi connectivity index (χ2v) is 4.93. The van der Waals surface area contributed by atoms with Crippen LogP contribution in [0.15, 0.2) is 12.1 Å². The summed E-state index contributed by atoms with van der Waals surface area (Å²) in [5.41, 5.74) is 7.28. The maximum atomic E-state index is 5.68. The number of nitrogen functional groups attached to an aromatic ring is 1. The number of pyridine rings is 1. The van der Waals surface area contributed by atoms with Crippen LogP contribution in [0, 0.1) is 0 Å². The third-order valence-electron chi connectivity index (χ3n) is 3.47. The van der Waals surface area contributed by atoms with E-state index in [1.807, 2.05) is 6.07 Å². The summed E-state index contributed by atoms with van der Waals surface area (Å²) in [6.07, 6.45) is 1.11. The second kappa shape index (κ2) is 5.14. The molecule has 1 fully saturated rings. The molecule has 0 aromatic carbocycles. The van der Waals surface area contributed by atoms with Gasteiger partial charge in [-0.25, -0.2) is 9.97 Å². The molecule has 6 nitrogen and oxygen atoms in total. The first-order valence-corrected chi connectivity index (χ1v) is 6.71. The second-order valence-electron chi connectivity index (χ2n) is 4.93. The molecule has 2 atom stereocenters. The normalized spacial score (nSPS) is 23.2. The van der Waals surface area contributed by atoms with E-state index in [-0.39, 0.29) is 5.92 Å². The summed E-state index contributed by atoms with van der Waals surface area (Å²) in [5, 5.41) is 3.51. The smallest absolute Gasteiger partial charge is 0.179 e. The van der Waals surface area contributed by atoms with Crippen LogP contribution in [0.4, 0.5) is 5.82 Å². The first-order chi connectivity index (χ1) is 9.28. The number of aromatic amines is 1. The van der Waals surface area contributed by atoms with Gasteiger partial charge in [0.1, 0.15) is 11.6 Å². The highest BCUT2D eigenvalue weighted by atomic mass is 16.5. The van der Waals surface area contributed by atoms with Crippen LogP contribution in [0.5, 0.6) is 0 Å². The van der Waals surface area contributed by atoms with Crippen molar-refractivity contribution in [1.29, 1.82) is 0 Å². The van der Waals surface area contributed by atoms with Crippen molar-refractivity contribution in [3.8, 4) is 0 Å². The third-order valence-corrected chi connectivity index (χ3v) is 3.47. The molecule has 4 N–H and O–H groups in total. The molecular formula is C13H19N5O. The van der Waals surface area contributed by atoms with Crippen LogP contribution in [-0.4, -0.2) is 40.8 Å². The SMILES string of the molecule is CCCNC1COCC1c1nc2nc(N)ccc2[nH]1. The summed E-state index contributed by atoms with van der Waals surface area (Å²) in [5.74, 6) is 1.68. The van der Waals surface area contributed by atoms with E-state index in [1.54, 1.807) is 6.07 Å². The number of nitrogens with zero attached hydrogens (tertiary/aromatic N) is 2. The van der Waals surface area contributed by atoms with Gasteiger partial charge in [0.2, 0.25) is 0 Å². The van der Waals surface area contributed by atoms with Gasteiger partial charge >= 0.3 is 0 Å². The molecule has 0 amide bonds. The Labute approximate surface area is 111 Å². The number of nitrogens with two attached hydrogens (primary N) is 1. The van der Waals surface area contributed by atoms with Gasteiger partial charge in [0, 0.05) is 6.04 Å². The summed E-state index contributed by atoms with van der Waals surface area (Å²) in [7, 11) is 0. The van der Waals surface area contributed by atoms with E-state index >= 15 is 0 Å². The fraction of sp³-hybridized carbons (Fsp3) is 0.538. The number of nitrogens with one attached hydrogen (secondary N) is 2. The highest BCUT2D eigenvalue weighted by Crippen LogP contribution is 2.25. The number of ether oxygens (including phenoxy) is 1. The highest BCUT2D eigenvalue weighted by Gasteiger charge is 2.31. The molecule has 2 unspecified atom stereocenters. The summed E-state index contributed by atoms with van der Waals surface area (Å²) in [6, 6.07) is 4.01. The molecule has 0 aliphatic carbocycles. The molecule has 2 aromatic rings. The van der Waals surface area contributed by atoms with E-state index in [2.05, 4.69) is 27.2 Å². The number of hydrogen-bond donors (Lipinski definition) is 3. The number of fused-ring (bicyclic) bond motifs is 1. The molecule has 3 rings (SSSR count). The summed E-state index contributed by atoms with van der Waals surface area (Å²) in [4.78, 5) is 12.1. The van der Waals surface area contributed by atoms with Gasteiger partial charge in [-0.05, 0) is 25.1 Å². The Hall–Kier alpha value is -1.66. The van der Waals surface area contributed by atoms with Gasteiger partial charge in [-0.2, -0.15) is 0 Å². The number of imidazole rings is 1. The molecule has 1 aliphatic heterocycles. The number of aromatic nitrogens is 3. The van der Waals surface area contributed by atoms with Crippen molar-refractivity contribution in [2.75, 3.05) is 25.5 Å². The predicted molar refractivity (Wildman–Crippen MR) is 73.9 cm³/mol. The van der Waals surface area contributed by atoms with Crippen LogP contribution >= 0.6 is 0 Å². The molecule has 0 saturated carbocycles. The lowest BCUT2D eigenvalue weighted by molar-refractivity contribution is 0.187. The zero-order valence-electron chi connectivity index (χ0n) is 11.0. The van der Waals surface area contributed by atoms with Gasteiger partial charge in [-0.3, -0.25) is 0 Å². The lowest BCUT2D eigenvalue weighted by Crippen LogP contribution is -2.35. The van der Waals surface area contributed by atoms with Gasteiger partial charge in [-0.15, -0.1) is 0 Å². The maximum Gasteiger partial charge on any atom is 0.179 e. The van der Waals surface area contributed by atoms with Gasteiger partial charge < -0.3 is 20.8 Å². The summed E-state index contributed by atoms with van der Waals surface area (Å²) >= 11 is 0. The molecule has 1 aliphatic rings. The predicted octanol–water partition coefficient (Wildman–Crippen LogP) is 1.02. The third kappa shape index (κ3) is 2.41. The molecule has 3 heterocycles. The Morgan fingerprint density at radius 3 is 3.16 bits per heavy atom. The molecule has 19 heavy (non-hydrogen) atoms. The minimum absolute atomic E-state index is 0.252. The van der Waals surface area contributed by atoms with Gasteiger partial charge in [0.15, 0.2) is 5.65 Å². The Bertz CT molecular complexity index is 567. The molecular weight excluding hydrogens is 242 g/mol. The van der Waals surface area contributed by atoms with Crippen molar-refractivity contribution >= 4 is 17.0 Å². The number of anilines is 1. The Kier molecular flexibility index (Phi) is 3.35. The number of H-pyrrole nitrogens is 1. The molecule has 0 bridgehead atoms. The monoisotopic (exact) mass is 261 g/mol. The largest absolute Gasteiger partial charge is 0.384 e. The average Bonchev–Trinajstić information content (AvgIpc) is 3.01. The zero-order valence-corrected chi connectivity index (χ0v) is 11.0. The van der Waals surface area contributed by atoms with E-state index in [0.29, 0.717) is 24.1 Å². The van der Waals surface area contributed by atoms with Crippen LogP contribution in [0.25, 0.3) is 11.2 Å². The quantitative estimate of drug-likeness (QED) is 0.764. The highest BCUT2D eigenvalue weighted by molar-refractivity contribution is 5.72. The van der Waals surface area contributed by atoms with Crippen molar-refractivity contribution in [1.82, 2.24) is 20.3 Å². The van der Waals surface area contributed by atoms with E-state index < -0.39 is 0 Å². The summed E-state index contributed by atoms with van der Waals surface area (Å²) in [6.45, 7) is 4.58. The molecule has 0 spiro atoms. The minimum atomic E-state index is 0.252. The minimum Gasteiger partial charge on any atom is -0.384 e. The number of hydrogen-bond acceptors (Lipinski definition) is 5. The lowest BCUT2D eigenvalue weighted by Gasteiger charge is -2.16. The Morgan fingerprint density at radius 2 is 2.32 bits per heavy atom. The van der Waals surface area contributed by atoms with Gasteiger partial charge in [0.25, 0.3) is 0 Å². The van der Waals surface area contributed by atoms with Crippen LogP contribution < -0.4 is 11.1 Å². The average molecular weight is 261 g/mol. The Morgan fingerprint density at radius 1 is 1.42 bits per heavy atom. The van der Waals surface area contributed by atoms with Crippen LogP contribution in [-0.2, 0) is 4.74 Å². The van der Waals surface area contributed by atoms with Crippen LogP contribution in [0.2, 0.25) is 0 Å². The van der Waals surface area contributed by atoms with Crippen LogP contribution in [0.3, 0.4) is 0 Å². The number of rotatable bonds is 4. The summed E-state index contributed by atoms with van der Waals surface area (Å²) < 4.78 is 5.57. The van der Waals surface area contributed by atoms with Gasteiger partial charge in [-0.1, -0.05) is 6.92 Å². The molecule has 1 saturated heterocycles. The Balaban J connectivity index is 1.86. The zero-order chi connectivity index (χ0) is 13.2. The van der Waals surface area contributed by atoms with Crippen molar-refractivity contribution in [2.45, 2.75) is 25.3 Å². The maximum absolute atomic E-state index is 5.68. The fourth-order valence-corrected chi connectivity index (χ4v) is 2.46. The standard InChI is InChI=1S/C13H19N5O/c1-2-5-15-10-7-19-6-8(10)12-16-9-3-4-11(14)17-13(9)18-12/h3-4,8,10,15H,2,5-7H2,1H3,(H3,14,16,17,18).